The van der Waals surface area contributed by atoms with E-state index in [9.17, 15) is 13.2 Å². The van der Waals surface area contributed by atoms with Crippen molar-refractivity contribution >= 4 is 33.4 Å². The van der Waals surface area contributed by atoms with E-state index in [1.807, 2.05) is 37.3 Å². The highest BCUT2D eigenvalue weighted by Gasteiger charge is 2.19. The van der Waals surface area contributed by atoms with Crippen LogP contribution < -0.4 is 0 Å². The zero-order chi connectivity index (χ0) is 28.1. The monoisotopic (exact) mass is 560 g/mol. The molecular weight excluding hydrogens is 541 g/mol. The van der Waals surface area contributed by atoms with E-state index in [0.29, 0.717) is 39.4 Å². The molecule has 4 nitrogen and oxygen atoms in total. The van der Waals surface area contributed by atoms with E-state index in [0.717, 1.165) is 31.9 Å². The molecule has 0 aliphatic carbocycles. The third-order valence-electron chi connectivity index (χ3n) is 6.75. The molecule has 3 heterocycles. The minimum atomic E-state index is -0.412. The number of fused-ring (bicyclic) bond motifs is 2. The zero-order valence-electron chi connectivity index (χ0n) is 21.6. The Morgan fingerprint density at radius 2 is 0.878 bits per heavy atom. The molecule has 0 saturated heterocycles. The van der Waals surface area contributed by atoms with Gasteiger partial charge in [-0.2, -0.15) is 0 Å². The second-order valence-corrected chi connectivity index (χ2v) is 10.7. The van der Waals surface area contributed by atoms with Gasteiger partial charge in [0, 0.05) is 17.2 Å². The van der Waals surface area contributed by atoms with Crippen molar-refractivity contribution in [1.29, 1.82) is 0 Å². The van der Waals surface area contributed by atoms with Crippen molar-refractivity contribution in [2.45, 2.75) is 6.92 Å². The third-order valence-corrected chi connectivity index (χ3v) is 7.85. The molecule has 41 heavy (non-hydrogen) atoms. The number of rotatable bonds is 4. The fourth-order valence-electron chi connectivity index (χ4n) is 4.75. The van der Waals surface area contributed by atoms with Gasteiger partial charge in [-0.3, -0.25) is 0 Å². The molecule has 0 amide bonds. The lowest BCUT2D eigenvalue weighted by molar-refractivity contribution is 0.627. The molecule has 0 spiro atoms. The summed E-state index contributed by atoms with van der Waals surface area (Å²) in [5.74, 6) is -1.11. The van der Waals surface area contributed by atoms with E-state index in [-0.39, 0.29) is 11.6 Å². The zero-order valence-corrected chi connectivity index (χ0v) is 22.4. The summed E-state index contributed by atoms with van der Waals surface area (Å²) >= 11 is 1.44. The Kier molecular flexibility index (Phi) is 6.05. The van der Waals surface area contributed by atoms with Crippen LogP contribution >= 0.6 is 11.3 Å². The highest BCUT2D eigenvalue weighted by molar-refractivity contribution is 7.18. The predicted molar refractivity (Wildman–Crippen MR) is 157 cm³/mol. The fraction of sp³-hybridized carbons (Fsp3) is 0.0303. The van der Waals surface area contributed by atoms with Crippen LogP contribution in [-0.2, 0) is 0 Å². The van der Waals surface area contributed by atoms with Crippen LogP contribution in [0.15, 0.2) is 97.1 Å². The number of hydrogen-bond donors (Lipinski definition) is 0. The van der Waals surface area contributed by atoms with Gasteiger partial charge in [0.2, 0.25) is 0 Å². The SMILES string of the molecule is Cc1ccc2nc(-c3ccc(-c4nc5cc(F)ccc5nc4-c4ccc(F)cc4)s3)c(-c3ccc(F)cc3)nc2c1. The molecule has 198 valence electrons. The Morgan fingerprint density at radius 3 is 1.46 bits per heavy atom. The van der Waals surface area contributed by atoms with Crippen LogP contribution in [0.5, 0.6) is 0 Å². The highest BCUT2D eigenvalue weighted by atomic mass is 32.1. The van der Waals surface area contributed by atoms with Crippen LogP contribution in [0.2, 0.25) is 0 Å². The number of thiophene rings is 1. The molecule has 0 atom stereocenters. The summed E-state index contributed by atoms with van der Waals surface area (Å²) in [6, 6.07) is 26.2. The van der Waals surface area contributed by atoms with E-state index < -0.39 is 5.82 Å². The topological polar surface area (TPSA) is 51.6 Å². The van der Waals surface area contributed by atoms with Gasteiger partial charge in [0.05, 0.1) is 43.2 Å². The van der Waals surface area contributed by atoms with Crippen molar-refractivity contribution in [2.75, 3.05) is 0 Å². The van der Waals surface area contributed by atoms with Gasteiger partial charge in [-0.05, 0) is 97.4 Å². The second kappa shape index (κ2) is 9.91. The number of benzene rings is 4. The van der Waals surface area contributed by atoms with E-state index in [2.05, 4.69) is 0 Å². The Bertz CT molecular complexity index is 2090. The first-order valence-corrected chi connectivity index (χ1v) is 13.6. The highest BCUT2D eigenvalue weighted by Crippen LogP contribution is 2.41. The maximum absolute atomic E-state index is 14.1. The lowest BCUT2D eigenvalue weighted by Crippen LogP contribution is -1.95. The number of aromatic nitrogens is 4. The molecule has 0 N–H and O–H groups in total. The van der Waals surface area contributed by atoms with Gasteiger partial charge < -0.3 is 0 Å². The molecule has 0 radical (unpaired) electrons. The Balaban J connectivity index is 1.43. The third kappa shape index (κ3) is 4.72. The van der Waals surface area contributed by atoms with Crippen LogP contribution in [0.25, 0.3) is 65.7 Å². The number of aryl methyl sites for hydroxylation is 1. The van der Waals surface area contributed by atoms with E-state index >= 15 is 0 Å². The van der Waals surface area contributed by atoms with Crippen molar-refractivity contribution in [3.05, 3.63) is 120 Å². The van der Waals surface area contributed by atoms with Gasteiger partial charge >= 0.3 is 0 Å². The van der Waals surface area contributed by atoms with E-state index in [1.54, 1.807) is 30.3 Å². The summed E-state index contributed by atoms with van der Waals surface area (Å²) in [5, 5.41) is 0. The van der Waals surface area contributed by atoms with Crippen LogP contribution in [0.3, 0.4) is 0 Å². The predicted octanol–water partition coefficient (Wildman–Crippen LogP) is 9.03. The summed E-state index contributed by atoms with van der Waals surface area (Å²) < 4.78 is 41.6. The van der Waals surface area contributed by atoms with Gasteiger partial charge in [-0.1, -0.05) is 6.07 Å². The maximum Gasteiger partial charge on any atom is 0.125 e. The number of nitrogens with zero attached hydrogens (tertiary/aromatic N) is 4. The molecule has 0 bridgehead atoms. The maximum atomic E-state index is 14.1. The quantitative estimate of drug-likeness (QED) is 0.216. The van der Waals surface area contributed by atoms with Crippen molar-refractivity contribution in [1.82, 2.24) is 19.9 Å². The molecule has 0 fully saturated rings. The molecule has 0 aliphatic rings. The number of halogens is 3. The van der Waals surface area contributed by atoms with Crippen molar-refractivity contribution in [2.24, 2.45) is 0 Å². The van der Waals surface area contributed by atoms with Crippen molar-refractivity contribution in [3.8, 4) is 43.7 Å². The van der Waals surface area contributed by atoms with Crippen LogP contribution in [0.1, 0.15) is 5.56 Å². The molecule has 0 saturated carbocycles. The molecule has 8 heteroatoms. The van der Waals surface area contributed by atoms with Crippen molar-refractivity contribution in [3.63, 3.8) is 0 Å². The normalized spacial score (nSPS) is 11.4. The summed E-state index contributed by atoms with van der Waals surface area (Å²) in [6.45, 7) is 1.99. The van der Waals surface area contributed by atoms with E-state index in [1.165, 1.54) is 47.7 Å². The summed E-state index contributed by atoms with van der Waals surface area (Å²) in [7, 11) is 0. The summed E-state index contributed by atoms with van der Waals surface area (Å²) in [5.41, 5.74) is 7.26. The lowest BCUT2D eigenvalue weighted by atomic mass is 10.1. The first kappa shape index (κ1) is 25.0. The van der Waals surface area contributed by atoms with Crippen LogP contribution in [0, 0.1) is 24.4 Å². The van der Waals surface area contributed by atoms with Crippen LogP contribution in [-0.4, -0.2) is 19.9 Å². The lowest BCUT2D eigenvalue weighted by Gasteiger charge is -2.10. The molecular formula is C33H19F3N4S. The minimum Gasteiger partial charge on any atom is -0.244 e. The van der Waals surface area contributed by atoms with Gasteiger partial charge in [-0.15, -0.1) is 11.3 Å². The molecule has 4 aromatic carbocycles. The largest absolute Gasteiger partial charge is 0.244 e. The first-order valence-electron chi connectivity index (χ1n) is 12.8. The van der Waals surface area contributed by atoms with Gasteiger partial charge in [0.25, 0.3) is 0 Å². The smallest absolute Gasteiger partial charge is 0.125 e. The fourth-order valence-corrected chi connectivity index (χ4v) is 5.73. The molecule has 7 rings (SSSR count). The molecule has 0 unspecified atom stereocenters. The van der Waals surface area contributed by atoms with E-state index in [4.69, 9.17) is 19.9 Å². The molecule has 3 aromatic heterocycles. The summed E-state index contributed by atoms with van der Waals surface area (Å²) in [6.07, 6.45) is 0. The minimum absolute atomic E-state index is 0.335. The average molecular weight is 561 g/mol. The Hall–Kier alpha value is -4.95. The summed E-state index contributed by atoms with van der Waals surface area (Å²) in [4.78, 5) is 21.1. The molecule has 7 aromatic rings. The Labute approximate surface area is 236 Å². The number of hydrogen-bond acceptors (Lipinski definition) is 5. The standard InChI is InChI=1S/C33H19F3N4S/c1-18-2-12-24-26(16-18)39-31(20-5-9-22(35)10-6-20)32(38-24)28-14-15-29(41-28)33-30(19-3-7-21(34)8-4-19)37-25-13-11-23(36)17-27(25)40-33/h2-17H,1H3. The average Bonchev–Trinajstić information content (AvgIpc) is 3.47. The molecule has 0 aliphatic heterocycles. The van der Waals surface area contributed by atoms with Gasteiger partial charge in [-0.25, -0.2) is 33.1 Å². The van der Waals surface area contributed by atoms with Gasteiger partial charge in [0.1, 0.15) is 28.8 Å². The van der Waals surface area contributed by atoms with Gasteiger partial charge in [0.15, 0.2) is 0 Å². The van der Waals surface area contributed by atoms with Crippen molar-refractivity contribution < 1.29 is 13.2 Å². The van der Waals surface area contributed by atoms with Crippen LogP contribution in [0.4, 0.5) is 13.2 Å². The Morgan fingerprint density at radius 1 is 0.439 bits per heavy atom. The second-order valence-electron chi connectivity index (χ2n) is 9.64. The first-order chi connectivity index (χ1) is 19.9.